The van der Waals surface area contributed by atoms with Crippen molar-refractivity contribution in [2.24, 2.45) is 0 Å². The van der Waals surface area contributed by atoms with Crippen LogP contribution in [0.3, 0.4) is 0 Å². The predicted molar refractivity (Wildman–Crippen MR) is 62.6 cm³/mol. The van der Waals surface area contributed by atoms with Gasteiger partial charge in [-0.1, -0.05) is 0 Å². The van der Waals surface area contributed by atoms with Crippen LogP contribution in [0.25, 0.3) is 0 Å². The molecule has 2 heterocycles. The molecule has 0 unspecified atom stereocenters. The second-order valence-corrected chi connectivity index (χ2v) is 4.45. The first-order chi connectivity index (χ1) is 8.18. The van der Waals surface area contributed by atoms with E-state index in [0.29, 0.717) is 11.1 Å². The van der Waals surface area contributed by atoms with Gasteiger partial charge < -0.3 is 15.5 Å². The zero-order chi connectivity index (χ0) is 12.0. The van der Waals surface area contributed by atoms with Gasteiger partial charge in [-0.15, -0.1) is 0 Å². The van der Waals surface area contributed by atoms with Gasteiger partial charge in [0, 0.05) is 19.6 Å². The minimum Gasteiger partial charge on any atom is -0.348 e. The number of hydrogen-bond acceptors (Lipinski definition) is 3. The number of nitrogens with zero attached hydrogens (tertiary/aromatic N) is 1. The zero-order valence-electron chi connectivity index (χ0n) is 9.59. The summed E-state index contributed by atoms with van der Waals surface area (Å²) >= 11 is 0. The van der Waals surface area contributed by atoms with Crippen LogP contribution < -0.4 is 15.5 Å². The maximum Gasteiger partial charge on any atom is 0.255 e. The molecule has 5 heteroatoms. The lowest BCUT2D eigenvalue weighted by atomic mass is 10.0. The van der Waals surface area contributed by atoms with Crippen LogP contribution in [0.1, 0.15) is 15.9 Å². The molecule has 2 aliphatic heterocycles. The molecular formula is C12H14FN3O. The fourth-order valence-corrected chi connectivity index (χ4v) is 2.54. The van der Waals surface area contributed by atoms with E-state index in [4.69, 9.17) is 0 Å². The lowest BCUT2D eigenvalue weighted by molar-refractivity contribution is 0.0921. The highest BCUT2D eigenvalue weighted by atomic mass is 19.1. The Balaban J connectivity index is 2.14. The molecule has 0 saturated carbocycles. The van der Waals surface area contributed by atoms with Crippen molar-refractivity contribution < 1.29 is 9.18 Å². The highest BCUT2D eigenvalue weighted by Gasteiger charge is 2.33. The minimum atomic E-state index is -0.326. The van der Waals surface area contributed by atoms with Crippen molar-refractivity contribution in [1.29, 1.82) is 0 Å². The number of carbonyl (C=O) groups excluding carboxylic acids is 1. The molecule has 1 atom stereocenters. The average Bonchev–Trinajstić information content (AvgIpc) is 2.33. The fraction of sp³-hybridized carbons (Fsp3) is 0.417. The predicted octanol–water partition coefficient (Wildman–Crippen LogP) is 0.613. The molecule has 1 fully saturated rings. The van der Waals surface area contributed by atoms with Crippen LogP contribution >= 0.6 is 0 Å². The van der Waals surface area contributed by atoms with E-state index in [9.17, 15) is 9.18 Å². The maximum absolute atomic E-state index is 13.5. The molecule has 3 rings (SSSR count). The van der Waals surface area contributed by atoms with E-state index in [2.05, 4.69) is 15.5 Å². The molecule has 1 aromatic carbocycles. The van der Waals surface area contributed by atoms with Crippen molar-refractivity contribution in [3.63, 3.8) is 0 Å². The Morgan fingerprint density at radius 2 is 2.29 bits per heavy atom. The summed E-state index contributed by atoms with van der Waals surface area (Å²) in [6, 6.07) is 3.14. The standard InChI is InChI=1S/C12H14FN3O/c1-7-8(13)2-3-9-11(7)12(17)15-10-6-14-4-5-16(9)10/h2-3,10,14H,4-6H2,1H3,(H,15,17)/t10-/m0/s1. The third-order valence-electron chi connectivity index (χ3n) is 3.45. The van der Waals surface area contributed by atoms with Crippen LogP contribution in [-0.2, 0) is 0 Å². The van der Waals surface area contributed by atoms with Crippen molar-refractivity contribution in [3.05, 3.63) is 29.1 Å². The zero-order valence-corrected chi connectivity index (χ0v) is 9.59. The number of benzene rings is 1. The molecule has 4 nitrogen and oxygen atoms in total. The van der Waals surface area contributed by atoms with Crippen LogP contribution in [0.4, 0.5) is 10.1 Å². The number of fused-ring (bicyclic) bond motifs is 3. The van der Waals surface area contributed by atoms with Crippen LogP contribution in [0, 0.1) is 12.7 Å². The first kappa shape index (κ1) is 10.5. The molecule has 0 radical (unpaired) electrons. The van der Waals surface area contributed by atoms with E-state index in [1.54, 1.807) is 13.0 Å². The number of anilines is 1. The average molecular weight is 235 g/mol. The van der Waals surface area contributed by atoms with Gasteiger partial charge in [0.15, 0.2) is 0 Å². The Hall–Kier alpha value is -1.62. The van der Waals surface area contributed by atoms with E-state index >= 15 is 0 Å². The number of carbonyl (C=O) groups is 1. The normalized spacial score (nSPS) is 22.8. The summed E-state index contributed by atoms with van der Waals surface area (Å²) in [5.74, 6) is -0.505. The summed E-state index contributed by atoms with van der Waals surface area (Å²) in [5.41, 5.74) is 1.75. The van der Waals surface area contributed by atoms with Gasteiger partial charge in [0.1, 0.15) is 12.0 Å². The van der Waals surface area contributed by atoms with Gasteiger partial charge in [0.2, 0.25) is 0 Å². The molecule has 90 valence electrons. The van der Waals surface area contributed by atoms with Crippen molar-refractivity contribution >= 4 is 11.6 Å². The summed E-state index contributed by atoms with van der Waals surface area (Å²) in [7, 11) is 0. The summed E-state index contributed by atoms with van der Waals surface area (Å²) in [6.07, 6.45) is -0.0198. The number of amides is 1. The molecule has 17 heavy (non-hydrogen) atoms. The molecule has 1 amide bonds. The van der Waals surface area contributed by atoms with Gasteiger partial charge in [-0.05, 0) is 24.6 Å². The third-order valence-corrected chi connectivity index (χ3v) is 3.45. The number of hydrogen-bond donors (Lipinski definition) is 2. The monoisotopic (exact) mass is 235 g/mol. The van der Waals surface area contributed by atoms with Crippen LogP contribution in [-0.4, -0.2) is 31.7 Å². The molecular weight excluding hydrogens is 221 g/mol. The quantitative estimate of drug-likeness (QED) is 0.692. The summed E-state index contributed by atoms with van der Waals surface area (Å²) in [6.45, 7) is 4.07. The second-order valence-electron chi connectivity index (χ2n) is 4.45. The largest absolute Gasteiger partial charge is 0.348 e. The molecule has 2 N–H and O–H groups in total. The molecule has 0 spiro atoms. The van der Waals surface area contributed by atoms with Gasteiger partial charge in [-0.25, -0.2) is 4.39 Å². The van der Waals surface area contributed by atoms with E-state index in [-0.39, 0.29) is 17.9 Å². The number of piperazine rings is 1. The van der Waals surface area contributed by atoms with Crippen LogP contribution in [0.5, 0.6) is 0 Å². The topological polar surface area (TPSA) is 44.4 Å². The minimum absolute atomic E-state index is 0.0198. The Kier molecular flexibility index (Phi) is 2.29. The van der Waals surface area contributed by atoms with Crippen molar-refractivity contribution in [1.82, 2.24) is 10.6 Å². The third kappa shape index (κ3) is 1.50. The Bertz CT molecular complexity index is 489. The molecule has 2 aliphatic rings. The molecule has 1 aromatic rings. The molecule has 0 aliphatic carbocycles. The van der Waals surface area contributed by atoms with E-state index in [1.165, 1.54) is 6.07 Å². The van der Waals surface area contributed by atoms with Gasteiger partial charge in [-0.3, -0.25) is 4.79 Å². The number of rotatable bonds is 0. The van der Waals surface area contributed by atoms with Crippen molar-refractivity contribution in [2.75, 3.05) is 24.5 Å². The summed E-state index contributed by atoms with van der Waals surface area (Å²) in [4.78, 5) is 14.1. The smallest absolute Gasteiger partial charge is 0.255 e. The Morgan fingerprint density at radius 3 is 3.12 bits per heavy atom. The maximum atomic E-state index is 13.5. The lowest BCUT2D eigenvalue weighted by Gasteiger charge is -2.42. The SMILES string of the molecule is Cc1c(F)ccc2c1C(=O)N[C@@H]1CNCCN21. The fourth-order valence-electron chi connectivity index (χ4n) is 2.54. The summed E-state index contributed by atoms with van der Waals surface area (Å²) in [5, 5.41) is 6.13. The first-order valence-electron chi connectivity index (χ1n) is 5.76. The van der Waals surface area contributed by atoms with E-state index in [1.807, 2.05) is 0 Å². The van der Waals surface area contributed by atoms with Crippen LogP contribution in [0.2, 0.25) is 0 Å². The molecule has 0 bridgehead atoms. The van der Waals surface area contributed by atoms with E-state index < -0.39 is 0 Å². The first-order valence-corrected chi connectivity index (χ1v) is 5.76. The van der Waals surface area contributed by atoms with Crippen molar-refractivity contribution in [3.8, 4) is 0 Å². The summed E-state index contributed by atoms with van der Waals surface area (Å²) < 4.78 is 13.5. The molecule has 1 saturated heterocycles. The van der Waals surface area contributed by atoms with Crippen LogP contribution in [0.15, 0.2) is 12.1 Å². The van der Waals surface area contributed by atoms with Gasteiger partial charge in [0.05, 0.1) is 11.3 Å². The number of nitrogens with one attached hydrogen (secondary N) is 2. The van der Waals surface area contributed by atoms with Gasteiger partial charge >= 0.3 is 0 Å². The highest BCUT2D eigenvalue weighted by molar-refractivity contribution is 6.03. The Labute approximate surface area is 98.8 Å². The van der Waals surface area contributed by atoms with Gasteiger partial charge in [-0.2, -0.15) is 0 Å². The Morgan fingerprint density at radius 1 is 1.47 bits per heavy atom. The highest BCUT2D eigenvalue weighted by Crippen LogP contribution is 2.30. The van der Waals surface area contributed by atoms with Gasteiger partial charge in [0.25, 0.3) is 5.91 Å². The van der Waals surface area contributed by atoms with Crippen molar-refractivity contribution in [2.45, 2.75) is 13.1 Å². The lowest BCUT2D eigenvalue weighted by Crippen LogP contribution is -2.62. The molecule has 0 aromatic heterocycles. The second kappa shape index (κ2) is 3.70. The van der Waals surface area contributed by atoms with E-state index in [0.717, 1.165) is 25.3 Å². The number of halogens is 1.